The predicted molar refractivity (Wildman–Crippen MR) is 146 cm³/mol. The fourth-order valence-electron chi connectivity index (χ4n) is 4.57. The molecule has 5 nitrogen and oxygen atoms in total. The quantitative estimate of drug-likeness (QED) is 0.326. The van der Waals surface area contributed by atoms with Gasteiger partial charge in [-0.1, -0.05) is 60.7 Å². The molecule has 0 aliphatic carbocycles. The highest BCUT2D eigenvalue weighted by molar-refractivity contribution is 7.85. The van der Waals surface area contributed by atoms with E-state index in [2.05, 4.69) is 17.4 Å². The van der Waals surface area contributed by atoms with E-state index < -0.39 is 22.5 Å². The van der Waals surface area contributed by atoms with Crippen molar-refractivity contribution >= 4 is 28.3 Å². The summed E-state index contributed by atoms with van der Waals surface area (Å²) >= 11 is 0. The number of nitrogens with one attached hydrogen (secondary N) is 1. The summed E-state index contributed by atoms with van der Waals surface area (Å²) < 4.78 is 28.2. The van der Waals surface area contributed by atoms with Gasteiger partial charge in [0.15, 0.2) is 0 Å². The van der Waals surface area contributed by atoms with Crippen LogP contribution in [0.5, 0.6) is 0 Å². The third-order valence-electron chi connectivity index (χ3n) is 6.65. The minimum absolute atomic E-state index is 0.0669. The maximum atomic E-state index is 14.6. The van der Waals surface area contributed by atoms with Crippen LogP contribution in [0.4, 0.5) is 10.1 Å². The van der Waals surface area contributed by atoms with Gasteiger partial charge in [-0.15, -0.1) is 0 Å². The molecule has 0 spiro atoms. The lowest BCUT2D eigenvalue weighted by Gasteiger charge is -2.24. The molecule has 0 saturated carbocycles. The largest absolute Gasteiger partial charge is 0.350 e. The van der Waals surface area contributed by atoms with Gasteiger partial charge in [-0.2, -0.15) is 0 Å². The zero-order valence-corrected chi connectivity index (χ0v) is 21.7. The molecule has 4 aromatic carbocycles. The average molecular weight is 527 g/mol. The number of anilines is 1. The molecule has 5 rings (SSSR count). The van der Waals surface area contributed by atoms with E-state index in [1.165, 1.54) is 16.5 Å². The number of hydrogen-bond acceptors (Lipinski definition) is 3. The molecule has 0 aromatic heterocycles. The van der Waals surface area contributed by atoms with E-state index in [4.69, 9.17) is 0 Å². The Balaban J connectivity index is 1.46. The number of nitrogens with zero attached hydrogens (tertiary/aromatic N) is 1. The van der Waals surface area contributed by atoms with Crippen molar-refractivity contribution in [2.24, 2.45) is 0 Å². The fraction of sp³-hybridized carbons (Fsp3) is 0.161. The Bertz CT molecular complexity index is 1520. The van der Waals surface area contributed by atoms with Crippen LogP contribution in [0.25, 0.3) is 0 Å². The predicted octanol–water partition coefficient (Wildman–Crippen LogP) is 5.90. The number of aryl methyl sites for hydroxylation is 1. The molecule has 2 amide bonds. The molecular formula is C31H27FN2O3S. The summed E-state index contributed by atoms with van der Waals surface area (Å²) in [5.41, 5.74) is 2.48. The van der Waals surface area contributed by atoms with E-state index in [0.29, 0.717) is 32.2 Å². The smallest absolute Gasteiger partial charge is 0.259 e. The van der Waals surface area contributed by atoms with Crippen molar-refractivity contribution in [1.82, 2.24) is 5.32 Å². The Morgan fingerprint density at radius 1 is 0.921 bits per heavy atom. The van der Waals surface area contributed by atoms with E-state index in [1.54, 1.807) is 60.7 Å². The van der Waals surface area contributed by atoms with Gasteiger partial charge >= 0.3 is 0 Å². The van der Waals surface area contributed by atoms with Gasteiger partial charge in [-0.25, -0.2) is 8.60 Å². The summed E-state index contributed by atoms with van der Waals surface area (Å²) in [6.45, 7) is 1.88. The first kappa shape index (κ1) is 25.5. The zero-order chi connectivity index (χ0) is 26.6. The van der Waals surface area contributed by atoms with Crippen LogP contribution in [0.3, 0.4) is 0 Å². The Morgan fingerprint density at radius 3 is 2.42 bits per heavy atom. The van der Waals surface area contributed by atoms with E-state index in [0.717, 1.165) is 12.8 Å². The first-order valence-corrected chi connectivity index (χ1v) is 13.6. The Labute approximate surface area is 223 Å². The van der Waals surface area contributed by atoms with Crippen LogP contribution in [0.1, 0.15) is 45.2 Å². The molecule has 0 unspecified atom stereocenters. The van der Waals surface area contributed by atoms with Crippen LogP contribution in [0.15, 0.2) is 107 Å². The molecule has 7 heteroatoms. The number of carbonyl (C=O) groups excluding carboxylic acids is 2. The first-order valence-electron chi connectivity index (χ1n) is 12.5. The number of halogens is 1. The minimum Gasteiger partial charge on any atom is -0.350 e. The van der Waals surface area contributed by atoms with Gasteiger partial charge in [0.25, 0.3) is 11.8 Å². The molecule has 0 fully saturated rings. The van der Waals surface area contributed by atoms with Gasteiger partial charge in [0.1, 0.15) is 5.82 Å². The molecular weight excluding hydrogens is 499 g/mol. The van der Waals surface area contributed by atoms with Crippen molar-refractivity contribution in [3.63, 3.8) is 0 Å². The van der Waals surface area contributed by atoms with Gasteiger partial charge in [-0.05, 0) is 61.7 Å². The third-order valence-corrected chi connectivity index (χ3v) is 8.15. The second-order valence-corrected chi connectivity index (χ2v) is 10.7. The highest BCUT2D eigenvalue weighted by atomic mass is 32.2. The molecule has 38 heavy (non-hydrogen) atoms. The minimum atomic E-state index is -1.66. The van der Waals surface area contributed by atoms with Crippen LogP contribution in [0, 0.1) is 5.82 Å². The second kappa shape index (κ2) is 11.1. The standard InChI is InChI=1S/C31H27FN2O3S/c1-21(15-16-22-9-3-2-4-10-22)33-30(35)23-17-18-29-27(19-23)34(20-24-11-5-7-13-26(24)32)31(36)25-12-6-8-14-28(25)38(29)37/h2-14,17-19,21H,15-16,20H2,1H3,(H,33,35)/t21-,38+/m1/s1. The summed E-state index contributed by atoms with van der Waals surface area (Å²) in [6.07, 6.45) is 1.59. The lowest BCUT2D eigenvalue weighted by Crippen LogP contribution is -2.34. The van der Waals surface area contributed by atoms with Crippen LogP contribution in [-0.2, 0) is 23.8 Å². The lowest BCUT2D eigenvalue weighted by molar-refractivity contribution is 0.0935. The van der Waals surface area contributed by atoms with E-state index in [-0.39, 0.29) is 18.5 Å². The Morgan fingerprint density at radius 2 is 1.63 bits per heavy atom. The molecule has 2 atom stereocenters. The molecule has 0 bridgehead atoms. The number of hydrogen-bond donors (Lipinski definition) is 1. The topological polar surface area (TPSA) is 66.5 Å². The monoisotopic (exact) mass is 526 g/mol. The van der Waals surface area contributed by atoms with Crippen LogP contribution in [0.2, 0.25) is 0 Å². The summed E-state index contributed by atoms with van der Waals surface area (Å²) in [5.74, 6) is -1.13. The Kier molecular flexibility index (Phi) is 7.47. The number of rotatable bonds is 7. The lowest BCUT2D eigenvalue weighted by atomic mass is 10.1. The summed E-state index contributed by atoms with van der Waals surface area (Å²) in [6, 6.07) is 27.8. The van der Waals surface area contributed by atoms with E-state index in [1.807, 2.05) is 25.1 Å². The zero-order valence-electron chi connectivity index (χ0n) is 20.9. The average Bonchev–Trinajstić information content (AvgIpc) is 3.03. The van der Waals surface area contributed by atoms with E-state index in [9.17, 15) is 18.2 Å². The highest BCUT2D eigenvalue weighted by Gasteiger charge is 2.32. The Hall–Kier alpha value is -4.10. The molecule has 1 aliphatic rings. The van der Waals surface area contributed by atoms with Crippen molar-refractivity contribution in [3.05, 3.63) is 125 Å². The van der Waals surface area contributed by atoms with E-state index >= 15 is 0 Å². The molecule has 1 heterocycles. The van der Waals surface area contributed by atoms with Crippen LogP contribution >= 0.6 is 0 Å². The van der Waals surface area contributed by atoms with Crippen molar-refractivity contribution in [2.75, 3.05) is 4.90 Å². The number of benzene rings is 4. The highest BCUT2D eigenvalue weighted by Crippen LogP contribution is 2.36. The normalized spacial score (nSPS) is 15.3. The SMILES string of the molecule is C[C@H](CCc1ccccc1)NC(=O)c1ccc2c(c1)N(Cc1ccccc1F)C(=O)c1ccccc1[S@@]2=O. The maximum Gasteiger partial charge on any atom is 0.259 e. The van der Waals surface area contributed by atoms with Gasteiger partial charge in [0, 0.05) is 17.2 Å². The molecule has 4 aromatic rings. The van der Waals surface area contributed by atoms with Crippen molar-refractivity contribution in [3.8, 4) is 0 Å². The fourth-order valence-corrected chi connectivity index (χ4v) is 5.91. The first-order chi connectivity index (χ1) is 18.4. The van der Waals surface area contributed by atoms with Gasteiger partial charge in [0.2, 0.25) is 0 Å². The molecule has 1 N–H and O–H groups in total. The second-order valence-electron chi connectivity index (χ2n) is 9.33. The van der Waals surface area contributed by atoms with Gasteiger partial charge in [-0.3, -0.25) is 9.59 Å². The molecule has 0 radical (unpaired) electrons. The van der Waals surface area contributed by atoms with Gasteiger partial charge < -0.3 is 10.2 Å². The number of amides is 2. The summed E-state index contributed by atoms with van der Waals surface area (Å²) in [7, 11) is -1.66. The van der Waals surface area contributed by atoms with Crippen LogP contribution < -0.4 is 10.2 Å². The van der Waals surface area contributed by atoms with Crippen molar-refractivity contribution in [2.45, 2.75) is 42.1 Å². The van der Waals surface area contributed by atoms with Gasteiger partial charge in [0.05, 0.1) is 38.4 Å². The maximum absolute atomic E-state index is 14.6. The molecule has 1 aliphatic heterocycles. The third kappa shape index (κ3) is 5.29. The number of fused-ring (bicyclic) bond motifs is 2. The summed E-state index contributed by atoms with van der Waals surface area (Å²) in [4.78, 5) is 29.1. The molecule has 0 saturated heterocycles. The van der Waals surface area contributed by atoms with Crippen LogP contribution in [-0.4, -0.2) is 22.1 Å². The number of carbonyl (C=O) groups is 2. The molecule has 192 valence electrons. The van der Waals surface area contributed by atoms with Crippen molar-refractivity contribution in [1.29, 1.82) is 0 Å². The van der Waals surface area contributed by atoms with Crippen molar-refractivity contribution < 1.29 is 18.2 Å². The summed E-state index contributed by atoms with van der Waals surface area (Å²) in [5, 5.41) is 3.02.